The van der Waals surface area contributed by atoms with E-state index in [-0.39, 0.29) is 5.57 Å². The van der Waals surface area contributed by atoms with Gasteiger partial charge in [0.2, 0.25) is 0 Å². The van der Waals surface area contributed by atoms with Gasteiger partial charge in [0.1, 0.15) is 23.1 Å². The molecule has 0 atom stereocenters. The van der Waals surface area contributed by atoms with Crippen molar-refractivity contribution in [2.75, 3.05) is 33.3 Å². The summed E-state index contributed by atoms with van der Waals surface area (Å²) in [4.78, 5) is 12.8. The third-order valence-electron chi connectivity index (χ3n) is 4.84. The fraction of sp³-hybridized carbons (Fsp3) is 0.360. The quantitative estimate of drug-likeness (QED) is 0.212. The van der Waals surface area contributed by atoms with Crippen molar-refractivity contribution in [1.29, 1.82) is 5.26 Å². The summed E-state index contributed by atoms with van der Waals surface area (Å²) in [6, 6.07) is 10.5. The summed E-state index contributed by atoms with van der Waals surface area (Å²) in [5.41, 5.74) is 0.944. The van der Waals surface area contributed by atoms with E-state index in [1.807, 2.05) is 6.07 Å². The van der Waals surface area contributed by atoms with Crippen LogP contribution in [0.1, 0.15) is 38.2 Å². The van der Waals surface area contributed by atoms with E-state index in [1.165, 1.54) is 33.1 Å². The molecule has 176 valence electrons. The molecule has 0 fully saturated rings. The minimum absolute atomic E-state index is 0.0748. The Balaban J connectivity index is 2.19. The molecule has 7 nitrogen and oxygen atoms in total. The maximum atomic E-state index is 12.8. The van der Waals surface area contributed by atoms with Crippen LogP contribution >= 0.6 is 15.9 Å². The number of unbranched alkanes of at least 4 members (excludes halogenated alkanes) is 3. The van der Waals surface area contributed by atoms with Gasteiger partial charge in [0.15, 0.2) is 11.5 Å². The zero-order valence-electron chi connectivity index (χ0n) is 19.4. The van der Waals surface area contributed by atoms with Crippen LogP contribution in [-0.4, -0.2) is 33.8 Å². The molecule has 0 aromatic heterocycles. The number of nitrogens with one attached hydrogen (secondary N) is 1. The number of anilines is 1. The van der Waals surface area contributed by atoms with Gasteiger partial charge in [-0.3, -0.25) is 4.79 Å². The first-order valence-electron chi connectivity index (χ1n) is 10.6. The van der Waals surface area contributed by atoms with Crippen molar-refractivity contribution in [3.05, 3.63) is 45.9 Å². The van der Waals surface area contributed by atoms with Gasteiger partial charge in [-0.25, -0.2) is 0 Å². The lowest BCUT2D eigenvalue weighted by Crippen LogP contribution is -2.14. The lowest BCUT2D eigenvalue weighted by atomic mass is 10.1. The third kappa shape index (κ3) is 7.43. The molecular weight excluding hydrogens is 488 g/mol. The number of ether oxygens (including phenoxy) is 4. The third-order valence-corrected chi connectivity index (χ3v) is 5.46. The highest BCUT2D eigenvalue weighted by atomic mass is 79.9. The minimum Gasteiger partial charge on any atom is -0.495 e. The van der Waals surface area contributed by atoms with Crippen molar-refractivity contribution in [2.45, 2.75) is 32.6 Å². The normalized spacial score (nSPS) is 10.8. The van der Waals surface area contributed by atoms with Gasteiger partial charge in [-0.2, -0.15) is 5.26 Å². The van der Waals surface area contributed by atoms with Gasteiger partial charge < -0.3 is 24.3 Å². The summed E-state index contributed by atoms with van der Waals surface area (Å²) >= 11 is 3.38. The molecule has 1 N–H and O–H groups in total. The second-order valence-corrected chi connectivity index (χ2v) is 7.98. The van der Waals surface area contributed by atoms with Crippen molar-refractivity contribution < 1.29 is 23.7 Å². The molecule has 0 aliphatic rings. The Morgan fingerprint density at radius 2 is 1.73 bits per heavy atom. The number of halogens is 1. The van der Waals surface area contributed by atoms with Crippen LogP contribution in [0.15, 0.2) is 40.4 Å². The monoisotopic (exact) mass is 516 g/mol. The standard InChI is InChI=1S/C25H29BrN2O5/c1-5-6-7-8-11-33-21-10-9-17(13-24(21)32-4)12-18(16-27)25(29)28-20-15-22(30-2)19(26)14-23(20)31-3/h9-10,12-15H,5-8,11H2,1-4H3,(H,28,29)/b18-12+. The summed E-state index contributed by atoms with van der Waals surface area (Å²) in [5, 5.41) is 12.3. The summed E-state index contributed by atoms with van der Waals surface area (Å²) in [6.07, 6.45) is 5.94. The highest BCUT2D eigenvalue weighted by Crippen LogP contribution is 2.36. The lowest BCUT2D eigenvalue weighted by molar-refractivity contribution is -0.112. The van der Waals surface area contributed by atoms with E-state index in [9.17, 15) is 10.1 Å². The Kier molecular flexibility index (Phi) is 10.6. The molecule has 2 rings (SSSR count). The molecular formula is C25H29BrN2O5. The van der Waals surface area contributed by atoms with Crippen LogP contribution in [0.5, 0.6) is 23.0 Å². The first-order chi connectivity index (χ1) is 16.0. The van der Waals surface area contributed by atoms with Gasteiger partial charge in [0, 0.05) is 12.1 Å². The van der Waals surface area contributed by atoms with Gasteiger partial charge in [-0.1, -0.05) is 32.3 Å². The van der Waals surface area contributed by atoms with Crippen LogP contribution in [0, 0.1) is 11.3 Å². The van der Waals surface area contributed by atoms with Crippen LogP contribution in [0.3, 0.4) is 0 Å². The molecule has 0 saturated carbocycles. The van der Waals surface area contributed by atoms with Crippen LogP contribution < -0.4 is 24.3 Å². The molecule has 2 aromatic rings. The van der Waals surface area contributed by atoms with Crippen molar-refractivity contribution in [3.8, 4) is 29.1 Å². The highest BCUT2D eigenvalue weighted by molar-refractivity contribution is 9.10. The molecule has 1 amide bonds. The van der Waals surface area contributed by atoms with E-state index in [4.69, 9.17) is 18.9 Å². The molecule has 0 aliphatic carbocycles. The number of hydrogen-bond donors (Lipinski definition) is 1. The maximum Gasteiger partial charge on any atom is 0.266 e. The smallest absolute Gasteiger partial charge is 0.266 e. The van der Waals surface area contributed by atoms with E-state index in [0.717, 1.165) is 12.8 Å². The first-order valence-corrected chi connectivity index (χ1v) is 11.4. The Labute approximate surface area is 203 Å². The molecule has 33 heavy (non-hydrogen) atoms. The molecule has 2 aromatic carbocycles. The number of carbonyl (C=O) groups excluding carboxylic acids is 1. The van der Waals surface area contributed by atoms with Crippen molar-refractivity contribution >= 4 is 33.6 Å². The largest absolute Gasteiger partial charge is 0.495 e. The molecule has 8 heteroatoms. The van der Waals surface area contributed by atoms with E-state index in [0.29, 0.717) is 45.3 Å². The fourth-order valence-corrected chi connectivity index (χ4v) is 3.55. The van der Waals surface area contributed by atoms with Crippen LogP contribution in [0.4, 0.5) is 5.69 Å². The number of nitriles is 1. The predicted octanol–water partition coefficient (Wildman–Crippen LogP) is 5.98. The molecule has 0 radical (unpaired) electrons. The van der Waals surface area contributed by atoms with Crippen molar-refractivity contribution in [3.63, 3.8) is 0 Å². The summed E-state index contributed by atoms with van der Waals surface area (Å²) < 4.78 is 22.5. The fourth-order valence-electron chi connectivity index (χ4n) is 3.07. The Hall–Kier alpha value is -3.18. The van der Waals surface area contributed by atoms with Gasteiger partial charge >= 0.3 is 0 Å². The van der Waals surface area contributed by atoms with E-state index in [2.05, 4.69) is 28.2 Å². The van der Waals surface area contributed by atoms with E-state index in [1.54, 1.807) is 37.4 Å². The van der Waals surface area contributed by atoms with Crippen molar-refractivity contribution in [1.82, 2.24) is 0 Å². The van der Waals surface area contributed by atoms with Gasteiger partial charge in [-0.05, 0) is 46.1 Å². The minimum atomic E-state index is -0.574. The first kappa shape index (κ1) is 26.1. The lowest BCUT2D eigenvalue weighted by Gasteiger charge is -2.13. The molecule has 0 spiro atoms. The van der Waals surface area contributed by atoms with Crippen LogP contribution in [0.25, 0.3) is 6.08 Å². The maximum absolute atomic E-state index is 12.8. The molecule has 0 aliphatic heterocycles. The number of carbonyl (C=O) groups is 1. The molecule has 0 bridgehead atoms. The number of nitrogens with zero attached hydrogens (tertiary/aromatic N) is 1. The SMILES string of the molecule is CCCCCCOc1ccc(/C=C(\C#N)C(=O)Nc2cc(OC)c(Br)cc2OC)cc1OC. The highest BCUT2D eigenvalue weighted by Gasteiger charge is 2.16. The van der Waals surface area contributed by atoms with Crippen LogP contribution in [-0.2, 0) is 4.79 Å². The van der Waals surface area contributed by atoms with Gasteiger partial charge in [0.05, 0.1) is 38.1 Å². The summed E-state index contributed by atoms with van der Waals surface area (Å²) in [6.45, 7) is 2.77. The zero-order chi connectivity index (χ0) is 24.2. The summed E-state index contributed by atoms with van der Waals surface area (Å²) in [7, 11) is 4.56. The zero-order valence-corrected chi connectivity index (χ0v) is 21.0. The Morgan fingerprint density at radius 3 is 2.36 bits per heavy atom. The molecule has 0 heterocycles. The Bertz CT molecular complexity index is 1030. The number of hydrogen-bond acceptors (Lipinski definition) is 6. The van der Waals surface area contributed by atoms with Crippen molar-refractivity contribution in [2.24, 2.45) is 0 Å². The molecule has 0 unspecified atom stereocenters. The average Bonchev–Trinajstić information content (AvgIpc) is 2.83. The molecule has 0 saturated heterocycles. The van der Waals surface area contributed by atoms with Crippen LogP contribution in [0.2, 0.25) is 0 Å². The number of methoxy groups -OCH3 is 3. The second kappa shape index (κ2) is 13.4. The Morgan fingerprint density at radius 1 is 1.00 bits per heavy atom. The van der Waals surface area contributed by atoms with E-state index < -0.39 is 5.91 Å². The van der Waals surface area contributed by atoms with Gasteiger partial charge in [-0.15, -0.1) is 0 Å². The van der Waals surface area contributed by atoms with Gasteiger partial charge in [0.25, 0.3) is 5.91 Å². The predicted molar refractivity (Wildman–Crippen MR) is 132 cm³/mol. The number of amides is 1. The summed E-state index contributed by atoms with van der Waals surface area (Å²) in [5.74, 6) is 1.53. The average molecular weight is 517 g/mol. The topological polar surface area (TPSA) is 89.8 Å². The second-order valence-electron chi connectivity index (χ2n) is 7.13. The number of rotatable bonds is 12. The number of benzene rings is 2. The van der Waals surface area contributed by atoms with E-state index >= 15 is 0 Å².